The van der Waals surface area contributed by atoms with Crippen LogP contribution < -0.4 is 35.6 Å². The van der Waals surface area contributed by atoms with E-state index in [-0.39, 0.29) is 22.2 Å². The van der Waals surface area contributed by atoms with Gasteiger partial charge in [0.25, 0.3) is 0 Å². The molecule has 12 nitrogen and oxygen atoms in total. The molecule has 46 heavy (non-hydrogen) atoms. The molecule has 0 saturated heterocycles. The number of esters is 1. The predicted octanol–water partition coefficient (Wildman–Crippen LogP) is 4.59. The second-order valence-corrected chi connectivity index (χ2v) is 12.5. The first-order valence-corrected chi connectivity index (χ1v) is 16.7. The van der Waals surface area contributed by atoms with Crippen LogP contribution in [0.1, 0.15) is 52.3 Å². The highest BCUT2D eigenvalue weighted by atomic mass is 32.2. The molecule has 2 amide bonds. The van der Waals surface area contributed by atoms with E-state index < -0.39 is 24.0 Å². The van der Waals surface area contributed by atoms with E-state index in [1.807, 2.05) is 12.3 Å². The summed E-state index contributed by atoms with van der Waals surface area (Å²) in [7, 11) is 5.89. The second kappa shape index (κ2) is 15.3. The zero-order valence-corrected chi connectivity index (χ0v) is 28.5. The van der Waals surface area contributed by atoms with Crippen molar-refractivity contribution in [3.05, 3.63) is 56.2 Å². The molecule has 0 aliphatic heterocycles. The van der Waals surface area contributed by atoms with Gasteiger partial charge in [0.05, 0.1) is 45.9 Å². The van der Waals surface area contributed by atoms with Crippen molar-refractivity contribution in [1.29, 1.82) is 0 Å². The first-order chi connectivity index (χ1) is 22.1. The lowest BCUT2D eigenvalue weighted by molar-refractivity contribution is -0.120. The van der Waals surface area contributed by atoms with Crippen molar-refractivity contribution in [3.8, 4) is 28.4 Å². The maximum absolute atomic E-state index is 13.8. The van der Waals surface area contributed by atoms with E-state index in [4.69, 9.17) is 18.9 Å². The third-order valence-corrected chi connectivity index (χ3v) is 9.27. The fourth-order valence-corrected chi connectivity index (χ4v) is 6.80. The number of thioether (sulfide) groups is 1. The number of nitrogens with zero attached hydrogens (tertiary/aromatic N) is 1. The van der Waals surface area contributed by atoms with Crippen LogP contribution in [0.3, 0.4) is 0 Å². The number of amides is 2. The summed E-state index contributed by atoms with van der Waals surface area (Å²) in [5.74, 6) is 0.803. The minimum Gasteiger partial charge on any atom is -0.493 e. The van der Waals surface area contributed by atoms with Crippen molar-refractivity contribution >= 4 is 51.7 Å². The molecule has 1 heterocycles. The Morgan fingerprint density at radius 1 is 1.09 bits per heavy atom. The number of fused-ring (bicyclic) bond motifs is 3. The van der Waals surface area contributed by atoms with Crippen molar-refractivity contribution in [3.63, 3.8) is 0 Å². The van der Waals surface area contributed by atoms with Crippen molar-refractivity contribution < 1.29 is 33.3 Å². The van der Waals surface area contributed by atoms with Crippen molar-refractivity contribution in [2.45, 2.75) is 45.2 Å². The van der Waals surface area contributed by atoms with E-state index in [1.165, 1.54) is 34.3 Å². The van der Waals surface area contributed by atoms with Crippen molar-refractivity contribution in [2.24, 2.45) is 0 Å². The predicted molar refractivity (Wildman–Crippen MR) is 180 cm³/mol. The fraction of sp³-hybridized carbons (Fsp3) is 0.406. The molecule has 3 N–H and O–H groups in total. The lowest BCUT2D eigenvalue weighted by Crippen LogP contribution is -2.36. The van der Waals surface area contributed by atoms with Gasteiger partial charge in [0, 0.05) is 12.5 Å². The van der Waals surface area contributed by atoms with Crippen LogP contribution in [0.5, 0.6) is 17.2 Å². The first kappa shape index (κ1) is 34.6. The summed E-state index contributed by atoms with van der Waals surface area (Å²) in [5.41, 5.74) is 3.19. The van der Waals surface area contributed by atoms with E-state index in [0.717, 1.165) is 22.5 Å². The standard InChI is InChI=1S/C32H38N4O8S2/c1-16-29(31(40)44-6)46-32(33-16)36-30(39)23(12-13-45-7)35-22-11-9-19-20(15-24(22)38)21(34-17(2)37)10-8-18-14-25(41-3)27(42-4)28(43-5)26(18)19/h9,11,14-15,21,23H,8,10,12-13H2,1-7H3,(H,34,37)(H,35,38)(H,33,36,39)/t21-,23-/m1/s1. The normalized spacial score (nSPS) is 14.1. The topological polar surface area (TPSA) is 154 Å². The van der Waals surface area contributed by atoms with Gasteiger partial charge in [0.15, 0.2) is 16.6 Å². The molecule has 1 aliphatic carbocycles. The average Bonchev–Trinajstić information content (AvgIpc) is 3.24. The number of nitrogens with one attached hydrogen (secondary N) is 3. The number of aryl methyl sites for hydroxylation is 2. The summed E-state index contributed by atoms with van der Waals surface area (Å²) in [6.45, 7) is 3.10. The number of aromatic nitrogens is 1. The molecule has 246 valence electrons. The summed E-state index contributed by atoms with van der Waals surface area (Å²) >= 11 is 2.58. The number of methoxy groups -OCH3 is 4. The van der Waals surface area contributed by atoms with Crippen LogP contribution in [0.15, 0.2) is 29.1 Å². The molecule has 1 aliphatic rings. The Morgan fingerprint density at radius 2 is 1.83 bits per heavy atom. The third-order valence-electron chi connectivity index (χ3n) is 7.57. The summed E-state index contributed by atoms with van der Waals surface area (Å²) in [6.07, 6.45) is 3.42. The van der Waals surface area contributed by atoms with Crippen LogP contribution in [0.2, 0.25) is 0 Å². The van der Waals surface area contributed by atoms with Crippen LogP contribution >= 0.6 is 23.1 Å². The smallest absolute Gasteiger partial charge is 0.350 e. The molecule has 0 spiro atoms. The summed E-state index contributed by atoms with van der Waals surface area (Å²) < 4.78 is 21.9. The zero-order chi connectivity index (χ0) is 33.5. The average molecular weight is 671 g/mol. The zero-order valence-electron chi connectivity index (χ0n) is 26.8. The van der Waals surface area contributed by atoms with Crippen molar-refractivity contribution in [2.75, 3.05) is 51.1 Å². The fourth-order valence-electron chi connectivity index (χ4n) is 5.44. The highest BCUT2D eigenvalue weighted by Crippen LogP contribution is 2.50. The molecule has 3 aromatic rings. The summed E-state index contributed by atoms with van der Waals surface area (Å²) in [6, 6.07) is 5.55. The van der Waals surface area contributed by atoms with Gasteiger partial charge in [-0.2, -0.15) is 11.8 Å². The molecule has 1 aromatic heterocycles. The molecule has 2 atom stereocenters. The number of carbonyl (C=O) groups excluding carboxylic acids is 3. The number of thiazole rings is 1. The number of hydrogen-bond donors (Lipinski definition) is 3. The van der Waals surface area contributed by atoms with Crippen LogP contribution in [0, 0.1) is 6.92 Å². The van der Waals surface area contributed by atoms with Crippen molar-refractivity contribution in [1.82, 2.24) is 10.3 Å². The minimum absolute atomic E-state index is 0.197. The van der Waals surface area contributed by atoms with E-state index >= 15 is 0 Å². The number of anilines is 2. The van der Waals surface area contributed by atoms with E-state index in [9.17, 15) is 19.2 Å². The van der Waals surface area contributed by atoms with Crippen LogP contribution in [0.4, 0.5) is 10.8 Å². The van der Waals surface area contributed by atoms with Gasteiger partial charge in [0.1, 0.15) is 10.9 Å². The van der Waals surface area contributed by atoms with Crippen LogP contribution in [0.25, 0.3) is 11.1 Å². The van der Waals surface area contributed by atoms with Gasteiger partial charge < -0.3 is 34.9 Å². The Balaban J connectivity index is 1.80. The van der Waals surface area contributed by atoms with Gasteiger partial charge in [-0.1, -0.05) is 17.4 Å². The maximum Gasteiger partial charge on any atom is 0.350 e. The highest BCUT2D eigenvalue weighted by Gasteiger charge is 2.30. The Labute approximate surface area is 275 Å². The largest absolute Gasteiger partial charge is 0.493 e. The van der Waals surface area contributed by atoms with Crippen LogP contribution in [-0.2, 0) is 20.7 Å². The number of rotatable bonds is 12. The number of benzene rings is 1. The first-order valence-electron chi connectivity index (χ1n) is 14.5. The summed E-state index contributed by atoms with van der Waals surface area (Å²) in [4.78, 5) is 56.2. The Hall–Kier alpha value is -4.30. The van der Waals surface area contributed by atoms with Gasteiger partial charge in [-0.05, 0) is 73.1 Å². The summed E-state index contributed by atoms with van der Waals surface area (Å²) in [5, 5.41) is 9.17. The second-order valence-electron chi connectivity index (χ2n) is 10.5. The van der Waals surface area contributed by atoms with E-state index in [2.05, 4.69) is 20.9 Å². The SMILES string of the molecule is COC(=O)c1sc(NC(=O)[C@@H](CCSC)Nc2ccc3c(cc2=O)[C@H](NC(C)=O)CCc2cc(OC)c(OC)c(OC)c2-3)nc1C. The van der Waals surface area contributed by atoms with Gasteiger partial charge in [0.2, 0.25) is 23.0 Å². The monoisotopic (exact) mass is 670 g/mol. The third kappa shape index (κ3) is 7.39. The molecule has 0 unspecified atom stereocenters. The lowest BCUT2D eigenvalue weighted by Gasteiger charge is -2.19. The molecule has 2 aromatic carbocycles. The molecule has 14 heteroatoms. The van der Waals surface area contributed by atoms with Gasteiger partial charge in [-0.3, -0.25) is 14.4 Å². The van der Waals surface area contributed by atoms with E-state index in [0.29, 0.717) is 64.0 Å². The van der Waals surface area contributed by atoms with Gasteiger partial charge in [-0.15, -0.1) is 0 Å². The van der Waals surface area contributed by atoms with Gasteiger partial charge in [-0.25, -0.2) is 9.78 Å². The Morgan fingerprint density at radius 3 is 2.46 bits per heavy atom. The molecular formula is C32H38N4O8S2. The molecule has 0 saturated carbocycles. The molecule has 4 rings (SSSR count). The minimum atomic E-state index is -0.801. The highest BCUT2D eigenvalue weighted by molar-refractivity contribution is 7.98. The molecule has 0 fully saturated rings. The number of ether oxygens (including phenoxy) is 4. The Kier molecular flexibility index (Phi) is 11.5. The lowest BCUT2D eigenvalue weighted by atomic mass is 9.95. The van der Waals surface area contributed by atoms with E-state index in [1.54, 1.807) is 37.9 Å². The Bertz CT molecular complexity index is 1690. The maximum atomic E-state index is 13.8. The number of hydrogen-bond acceptors (Lipinski definition) is 12. The van der Waals surface area contributed by atoms with Crippen LogP contribution in [-0.4, -0.2) is 69.3 Å². The molecule has 0 radical (unpaired) electrons. The quantitative estimate of drug-likeness (QED) is 0.232. The molecule has 0 bridgehead atoms. The number of carbonyl (C=O) groups is 3. The van der Waals surface area contributed by atoms with Gasteiger partial charge >= 0.3 is 5.97 Å². The molecular weight excluding hydrogens is 633 g/mol.